The van der Waals surface area contributed by atoms with Crippen molar-refractivity contribution in [2.45, 2.75) is 44.9 Å². The fourth-order valence-electron chi connectivity index (χ4n) is 3.92. The molecule has 1 atom stereocenters. The largest absolute Gasteiger partial charge is 0.416 e. The molecule has 3 aromatic rings. The third kappa shape index (κ3) is 3.55. The number of aromatic nitrogens is 3. The van der Waals surface area contributed by atoms with Gasteiger partial charge in [-0.15, -0.1) is 0 Å². The lowest BCUT2D eigenvalue weighted by atomic mass is 9.97. The van der Waals surface area contributed by atoms with Crippen LogP contribution in [0, 0.1) is 6.92 Å². The van der Waals surface area contributed by atoms with E-state index in [-0.39, 0.29) is 28.5 Å². The number of fused-ring (bicyclic) bond motifs is 1. The summed E-state index contributed by atoms with van der Waals surface area (Å²) in [7, 11) is 1.43. The summed E-state index contributed by atoms with van der Waals surface area (Å²) in [5.41, 5.74) is 4.79. The summed E-state index contributed by atoms with van der Waals surface area (Å²) in [6.07, 6.45) is -1.22. The first-order valence-electron chi connectivity index (χ1n) is 9.85. The average molecular weight is 433 g/mol. The third-order valence-electron chi connectivity index (χ3n) is 5.73. The summed E-state index contributed by atoms with van der Waals surface area (Å²) >= 11 is 0. The molecule has 1 aliphatic carbocycles. The number of hydrogen-bond acceptors (Lipinski definition) is 5. The summed E-state index contributed by atoms with van der Waals surface area (Å²) in [5.74, 6) is 0.266. The molecule has 1 saturated carbocycles. The Morgan fingerprint density at radius 1 is 1.23 bits per heavy atom. The SMILES string of the molecule is Cc1c(C(C)Nc2nn(C)c(=O)c3c(N)c(=O)n(C4CC4)cc23)cccc1C(F)(F)F. The molecule has 0 radical (unpaired) electrons. The topological polar surface area (TPSA) is 94.9 Å². The lowest BCUT2D eigenvalue weighted by Gasteiger charge is -2.21. The molecule has 4 rings (SSSR count). The molecule has 1 aliphatic rings. The number of halogens is 3. The van der Waals surface area contributed by atoms with Gasteiger partial charge in [-0.25, -0.2) is 4.68 Å². The summed E-state index contributed by atoms with van der Waals surface area (Å²) < 4.78 is 42.5. The summed E-state index contributed by atoms with van der Waals surface area (Å²) in [6, 6.07) is 3.48. The molecule has 3 N–H and O–H groups in total. The molecule has 0 aliphatic heterocycles. The fourth-order valence-corrected chi connectivity index (χ4v) is 3.92. The molecule has 0 amide bonds. The van der Waals surface area contributed by atoms with E-state index < -0.39 is 28.9 Å². The van der Waals surface area contributed by atoms with Crippen molar-refractivity contribution in [3.05, 3.63) is 61.8 Å². The highest BCUT2D eigenvalue weighted by Gasteiger charge is 2.33. The van der Waals surface area contributed by atoms with E-state index in [2.05, 4.69) is 10.4 Å². The molecule has 1 fully saturated rings. The lowest BCUT2D eigenvalue weighted by Crippen LogP contribution is -2.29. The van der Waals surface area contributed by atoms with E-state index in [9.17, 15) is 22.8 Å². The molecule has 164 valence electrons. The number of aryl methyl sites for hydroxylation is 1. The Kier molecular flexibility index (Phi) is 4.83. The predicted molar refractivity (Wildman–Crippen MR) is 112 cm³/mol. The Hall–Kier alpha value is -3.30. The van der Waals surface area contributed by atoms with Crippen molar-refractivity contribution in [1.29, 1.82) is 0 Å². The number of anilines is 2. The Morgan fingerprint density at radius 2 is 1.90 bits per heavy atom. The van der Waals surface area contributed by atoms with Crippen LogP contribution >= 0.6 is 0 Å². The highest BCUT2D eigenvalue weighted by atomic mass is 19.4. The van der Waals surface area contributed by atoms with Crippen molar-refractivity contribution in [3.8, 4) is 0 Å². The smallest absolute Gasteiger partial charge is 0.394 e. The first-order chi connectivity index (χ1) is 14.5. The Balaban J connectivity index is 1.85. The van der Waals surface area contributed by atoms with Gasteiger partial charge in [0.15, 0.2) is 5.82 Å². The van der Waals surface area contributed by atoms with Crippen LogP contribution in [0.2, 0.25) is 0 Å². The van der Waals surface area contributed by atoms with E-state index >= 15 is 0 Å². The Bertz CT molecular complexity index is 1310. The van der Waals surface area contributed by atoms with Crippen molar-refractivity contribution >= 4 is 22.3 Å². The maximum atomic E-state index is 13.3. The highest BCUT2D eigenvalue weighted by molar-refractivity contribution is 5.97. The van der Waals surface area contributed by atoms with Gasteiger partial charge in [-0.3, -0.25) is 9.59 Å². The molecule has 2 heterocycles. The van der Waals surface area contributed by atoms with Crippen LogP contribution in [-0.4, -0.2) is 14.3 Å². The van der Waals surface area contributed by atoms with Crippen LogP contribution in [0.4, 0.5) is 24.7 Å². The van der Waals surface area contributed by atoms with Crippen molar-refractivity contribution < 1.29 is 13.2 Å². The molecule has 2 aromatic heterocycles. The van der Waals surface area contributed by atoms with E-state index in [1.54, 1.807) is 19.2 Å². The number of nitrogen functional groups attached to an aromatic ring is 1. The molecular formula is C21H22F3N5O2. The number of benzene rings is 1. The molecule has 1 unspecified atom stereocenters. The van der Waals surface area contributed by atoms with Crippen molar-refractivity contribution in [1.82, 2.24) is 14.3 Å². The minimum atomic E-state index is -4.46. The molecular weight excluding hydrogens is 411 g/mol. The second-order valence-corrected chi connectivity index (χ2v) is 7.94. The standard InChI is InChI=1S/C21H22F3N5O2/c1-10-13(5-4-6-15(10)21(22,23)24)11(2)26-18-14-9-29(12-7-8-12)20(31)17(25)16(14)19(30)28(3)27-18/h4-6,9,11-12H,7-8,25H2,1-3H3,(H,26,27). The molecule has 7 nitrogen and oxygen atoms in total. The molecule has 1 aromatic carbocycles. The minimum absolute atomic E-state index is 0.0271. The van der Waals surface area contributed by atoms with Crippen LogP contribution in [0.25, 0.3) is 10.8 Å². The van der Waals surface area contributed by atoms with Gasteiger partial charge < -0.3 is 15.6 Å². The van der Waals surface area contributed by atoms with Gasteiger partial charge in [0.05, 0.1) is 22.4 Å². The molecule has 0 spiro atoms. The number of alkyl halides is 3. The first-order valence-corrected chi connectivity index (χ1v) is 9.85. The van der Waals surface area contributed by atoms with Gasteiger partial charge >= 0.3 is 6.18 Å². The predicted octanol–water partition coefficient (Wildman–Crippen LogP) is 3.51. The summed E-state index contributed by atoms with van der Waals surface area (Å²) in [6.45, 7) is 3.13. The average Bonchev–Trinajstić information content (AvgIpc) is 3.52. The minimum Gasteiger partial charge on any atom is -0.394 e. The van der Waals surface area contributed by atoms with Crippen LogP contribution in [0.15, 0.2) is 34.0 Å². The van der Waals surface area contributed by atoms with Crippen LogP contribution in [-0.2, 0) is 13.2 Å². The zero-order valence-corrected chi connectivity index (χ0v) is 17.2. The lowest BCUT2D eigenvalue weighted by molar-refractivity contribution is -0.138. The van der Waals surface area contributed by atoms with Crippen LogP contribution in [0.1, 0.15) is 48.5 Å². The molecule has 10 heteroatoms. The van der Waals surface area contributed by atoms with Crippen LogP contribution < -0.4 is 22.2 Å². The first kappa shape index (κ1) is 21.0. The maximum absolute atomic E-state index is 13.3. The van der Waals surface area contributed by atoms with Gasteiger partial charge in [0.1, 0.15) is 5.69 Å². The normalized spacial score (nSPS) is 15.3. The monoisotopic (exact) mass is 433 g/mol. The Labute approximate surface area is 175 Å². The van der Waals surface area contributed by atoms with E-state index in [1.165, 1.54) is 24.6 Å². The van der Waals surface area contributed by atoms with Crippen molar-refractivity contribution in [2.75, 3.05) is 11.1 Å². The van der Waals surface area contributed by atoms with Gasteiger partial charge in [0.2, 0.25) is 0 Å². The van der Waals surface area contributed by atoms with Gasteiger partial charge in [-0.1, -0.05) is 12.1 Å². The number of pyridine rings is 1. The summed E-state index contributed by atoms with van der Waals surface area (Å²) in [4.78, 5) is 25.2. The van der Waals surface area contributed by atoms with E-state index in [4.69, 9.17) is 5.73 Å². The zero-order valence-electron chi connectivity index (χ0n) is 17.2. The van der Waals surface area contributed by atoms with Gasteiger partial charge in [-0.2, -0.15) is 18.3 Å². The molecule has 31 heavy (non-hydrogen) atoms. The van der Waals surface area contributed by atoms with Crippen LogP contribution in [0.5, 0.6) is 0 Å². The van der Waals surface area contributed by atoms with E-state index in [0.29, 0.717) is 10.9 Å². The quantitative estimate of drug-likeness (QED) is 0.657. The second-order valence-electron chi connectivity index (χ2n) is 7.94. The van der Waals surface area contributed by atoms with Gasteiger partial charge in [-0.05, 0) is 43.9 Å². The van der Waals surface area contributed by atoms with E-state index in [1.807, 2.05) is 0 Å². The fraction of sp³-hybridized carbons (Fsp3) is 0.381. The maximum Gasteiger partial charge on any atom is 0.416 e. The number of rotatable bonds is 4. The number of nitrogens with two attached hydrogens (primary N) is 1. The van der Waals surface area contributed by atoms with Gasteiger partial charge in [0.25, 0.3) is 11.1 Å². The second kappa shape index (κ2) is 7.14. The number of nitrogens with zero attached hydrogens (tertiary/aromatic N) is 3. The molecule has 0 bridgehead atoms. The van der Waals surface area contributed by atoms with E-state index in [0.717, 1.165) is 23.6 Å². The van der Waals surface area contributed by atoms with Gasteiger partial charge in [0, 0.05) is 19.3 Å². The zero-order chi connectivity index (χ0) is 22.7. The van der Waals surface area contributed by atoms with Crippen molar-refractivity contribution in [2.24, 2.45) is 7.05 Å². The number of nitrogens with one attached hydrogen (secondary N) is 1. The number of hydrogen-bond donors (Lipinski definition) is 2. The summed E-state index contributed by atoms with van der Waals surface area (Å²) in [5, 5.41) is 7.79. The van der Waals surface area contributed by atoms with Crippen LogP contribution in [0.3, 0.4) is 0 Å². The van der Waals surface area contributed by atoms with Crippen molar-refractivity contribution in [3.63, 3.8) is 0 Å². The third-order valence-corrected chi connectivity index (χ3v) is 5.73. The molecule has 0 saturated heterocycles. The highest BCUT2D eigenvalue weighted by Crippen LogP contribution is 2.37. The Morgan fingerprint density at radius 3 is 2.52 bits per heavy atom.